The largest absolute Gasteiger partial charge is 0.382 e. The molecule has 0 radical (unpaired) electrons. The fourth-order valence-electron chi connectivity index (χ4n) is 1.96. The lowest BCUT2D eigenvalue weighted by atomic mass is 10.0. The average molecular weight is 332 g/mol. The van der Waals surface area contributed by atoms with Gasteiger partial charge in [0.15, 0.2) is 5.82 Å². The Bertz CT molecular complexity index is 803. The summed E-state index contributed by atoms with van der Waals surface area (Å²) in [6, 6.07) is 10.7. The van der Waals surface area contributed by atoms with Gasteiger partial charge in [0.1, 0.15) is 5.69 Å². The highest BCUT2D eigenvalue weighted by Gasteiger charge is 2.17. The molecule has 100 valence electrons. The molecular weight excluding hydrogens is 322 g/mol. The molecule has 0 atom stereocenters. The van der Waals surface area contributed by atoms with Crippen LogP contribution in [0.3, 0.4) is 0 Å². The van der Waals surface area contributed by atoms with Gasteiger partial charge in [-0.3, -0.25) is 9.89 Å². The zero-order valence-corrected chi connectivity index (χ0v) is 11.8. The van der Waals surface area contributed by atoms with Gasteiger partial charge in [0, 0.05) is 16.1 Å². The highest BCUT2D eigenvalue weighted by Crippen LogP contribution is 2.37. The fourth-order valence-corrected chi connectivity index (χ4v) is 2.44. The smallest absolute Gasteiger partial charge is 0.264 e. The lowest BCUT2D eigenvalue weighted by Gasteiger charge is -2.05. The molecular formula is C13H10BrN5O. The molecule has 0 amide bonds. The van der Waals surface area contributed by atoms with Crippen LogP contribution in [0, 0.1) is 0 Å². The van der Waals surface area contributed by atoms with Gasteiger partial charge >= 0.3 is 0 Å². The molecule has 0 saturated heterocycles. The van der Waals surface area contributed by atoms with Crippen molar-refractivity contribution in [2.45, 2.75) is 0 Å². The number of nitrogen functional groups attached to an aromatic ring is 1. The van der Waals surface area contributed by atoms with Crippen LogP contribution in [-0.4, -0.2) is 20.4 Å². The summed E-state index contributed by atoms with van der Waals surface area (Å²) in [6.07, 6.45) is 0. The van der Waals surface area contributed by atoms with Crippen molar-refractivity contribution in [3.05, 3.63) is 51.2 Å². The summed E-state index contributed by atoms with van der Waals surface area (Å²) in [5.74, 6) is 0.375. The van der Waals surface area contributed by atoms with Crippen molar-refractivity contribution >= 4 is 21.7 Å². The minimum atomic E-state index is -0.260. The van der Waals surface area contributed by atoms with Crippen LogP contribution in [0.2, 0.25) is 0 Å². The minimum Gasteiger partial charge on any atom is -0.382 e. The number of aromatic nitrogens is 4. The number of benzene rings is 1. The topological polar surface area (TPSA) is 100 Å². The van der Waals surface area contributed by atoms with Crippen molar-refractivity contribution in [1.29, 1.82) is 0 Å². The predicted octanol–water partition coefficient (Wildman–Crippen LogP) is 2.17. The first-order valence-corrected chi connectivity index (χ1v) is 6.61. The Morgan fingerprint density at radius 2 is 1.85 bits per heavy atom. The van der Waals surface area contributed by atoms with E-state index in [2.05, 4.69) is 36.3 Å². The Hall–Kier alpha value is -2.41. The van der Waals surface area contributed by atoms with Crippen LogP contribution in [0.1, 0.15) is 0 Å². The molecule has 0 saturated carbocycles. The first kappa shape index (κ1) is 12.6. The van der Waals surface area contributed by atoms with E-state index >= 15 is 0 Å². The average Bonchev–Trinajstić information content (AvgIpc) is 2.82. The molecule has 2 heterocycles. The fraction of sp³-hybridized carbons (Fsp3) is 0. The number of H-pyrrole nitrogens is 2. The van der Waals surface area contributed by atoms with Gasteiger partial charge in [0.2, 0.25) is 0 Å². The van der Waals surface area contributed by atoms with E-state index in [0.29, 0.717) is 17.2 Å². The highest BCUT2D eigenvalue weighted by molar-refractivity contribution is 9.10. The second kappa shape index (κ2) is 4.93. The number of aromatic amines is 2. The van der Waals surface area contributed by atoms with Crippen molar-refractivity contribution in [2.24, 2.45) is 0 Å². The molecule has 3 rings (SSSR count). The third-order valence-corrected chi connectivity index (χ3v) is 3.56. The SMILES string of the molecule is Nc1n[nH]c(-c2ccc(=O)[nH]n2)c1-c1ccccc1Br. The number of hydrogen-bond donors (Lipinski definition) is 3. The number of nitrogens with zero attached hydrogens (tertiary/aromatic N) is 2. The van der Waals surface area contributed by atoms with Gasteiger partial charge in [0.25, 0.3) is 5.56 Å². The third kappa shape index (κ3) is 2.12. The van der Waals surface area contributed by atoms with Crippen LogP contribution in [0.5, 0.6) is 0 Å². The number of rotatable bonds is 2. The van der Waals surface area contributed by atoms with Gasteiger partial charge in [-0.25, -0.2) is 5.10 Å². The lowest BCUT2D eigenvalue weighted by molar-refractivity contribution is 0.982. The summed E-state index contributed by atoms with van der Waals surface area (Å²) in [4.78, 5) is 11.1. The first-order valence-electron chi connectivity index (χ1n) is 5.81. The van der Waals surface area contributed by atoms with Crippen LogP contribution >= 0.6 is 15.9 Å². The van der Waals surface area contributed by atoms with Crippen LogP contribution in [0.15, 0.2) is 45.7 Å². The van der Waals surface area contributed by atoms with Crippen LogP contribution in [0.4, 0.5) is 5.82 Å². The maximum Gasteiger partial charge on any atom is 0.264 e. The van der Waals surface area contributed by atoms with Gasteiger partial charge in [-0.15, -0.1) is 0 Å². The Labute approximate surface area is 122 Å². The normalized spacial score (nSPS) is 10.7. The molecule has 20 heavy (non-hydrogen) atoms. The maximum absolute atomic E-state index is 11.1. The lowest BCUT2D eigenvalue weighted by Crippen LogP contribution is -2.06. The van der Waals surface area contributed by atoms with Gasteiger partial charge in [-0.05, 0) is 12.1 Å². The predicted molar refractivity (Wildman–Crippen MR) is 80.0 cm³/mol. The van der Waals surface area contributed by atoms with E-state index < -0.39 is 0 Å². The molecule has 0 aliphatic carbocycles. The van der Waals surface area contributed by atoms with Crippen molar-refractivity contribution in [3.63, 3.8) is 0 Å². The Balaban J connectivity index is 2.23. The molecule has 7 heteroatoms. The summed E-state index contributed by atoms with van der Waals surface area (Å²) >= 11 is 3.49. The van der Waals surface area contributed by atoms with E-state index in [0.717, 1.165) is 15.6 Å². The zero-order chi connectivity index (χ0) is 14.1. The molecule has 0 aliphatic heterocycles. The number of anilines is 1. The van der Waals surface area contributed by atoms with E-state index in [1.54, 1.807) is 6.07 Å². The van der Waals surface area contributed by atoms with Crippen molar-refractivity contribution in [1.82, 2.24) is 20.4 Å². The number of nitrogens with two attached hydrogens (primary N) is 1. The van der Waals surface area contributed by atoms with E-state index in [-0.39, 0.29) is 5.56 Å². The van der Waals surface area contributed by atoms with Crippen LogP contribution in [-0.2, 0) is 0 Å². The van der Waals surface area contributed by atoms with Gasteiger partial charge in [-0.1, -0.05) is 34.1 Å². The molecule has 0 bridgehead atoms. The molecule has 6 nitrogen and oxygen atoms in total. The Kier molecular flexibility index (Phi) is 3.11. The monoisotopic (exact) mass is 331 g/mol. The molecule has 4 N–H and O–H groups in total. The summed E-state index contributed by atoms with van der Waals surface area (Å²) in [5, 5.41) is 13.3. The molecule has 1 aromatic carbocycles. The minimum absolute atomic E-state index is 0.260. The first-order chi connectivity index (χ1) is 9.66. The summed E-state index contributed by atoms with van der Waals surface area (Å²) in [6.45, 7) is 0. The zero-order valence-electron chi connectivity index (χ0n) is 10.2. The summed E-state index contributed by atoms with van der Waals surface area (Å²) in [5.41, 5.74) is 8.56. The number of halogens is 1. The quantitative estimate of drug-likeness (QED) is 0.669. The Morgan fingerprint density at radius 3 is 2.55 bits per heavy atom. The molecule has 0 unspecified atom stereocenters. The van der Waals surface area contributed by atoms with Crippen molar-refractivity contribution < 1.29 is 0 Å². The van der Waals surface area contributed by atoms with E-state index in [9.17, 15) is 4.79 Å². The van der Waals surface area contributed by atoms with Crippen molar-refractivity contribution in [2.75, 3.05) is 5.73 Å². The molecule has 3 aromatic rings. The molecule has 2 aromatic heterocycles. The second-order valence-electron chi connectivity index (χ2n) is 4.15. The van der Waals surface area contributed by atoms with E-state index in [1.807, 2.05) is 24.3 Å². The van der Waals surface area contributed by atoms with Crippen LogP contribution in [0.25, 0.3) is 22.5 Å². The van der Waals surface area contributed by atoms with Gasteiger partial charge in [0.05, 0.1) is 11.3 Å². The summed E-state index contributed by atoms with van der Waals surface area (Å²) in [7, 11) is 0. The van der Waals surface area contributed by atoms with E-state index in [4.69, 9.17) is 5.73 Å². The Morgan fingerprint density at radius 1 is 1.05 bits per heavy atom. The molecule has 0 aliphatic rings. The second-order valence-corrected chi connectivity index (χ2v) is 5.00. The van der Waals surface area contributed by atoms with Gasteiger partial charge < -0.3 is 5.73 Å². The third-order valence-electron chi connectivity index (χ3n) is 2.87. The summed E-state index contributed by atoms with van der Waals surface area (Å²) < 4.78 is 0.902. The highest BCUT2D eigenvalue weighted by atomic mass is 79.9. The number of nitrogens with one attached hydrogen (secondary N) is 2. The maximum atomic E-state index is 11.1. The molecule has 0 spiro atoms. The van der Waals surface area contributed by atoms with Crippen LogP contribution < -0.4 is 11.3 Å². The van der Waals surface area contributed by atoms with Crippen molar-refractivity contribution in [3.8, 4) is 22.5 Å². The number of hydrogen-bond acceptors (Lipinski definition) is 4. The standard InChI is InChI=1S/C13H10BrN5O/c14-8-4-2-1-3-7(8)11-12(18-19-13(11)15)9-5-6-10(20)17-16-9/h1-6H,(H,17,20)(H3,15,18,19). The van der Waals surface area contributed by atoms with Gasteiger partial charge in [-0.2, -0.15) is 10.2 Å². The van der Waals surface area contributed by atoms with E-state index in [1.165, 1.54) is 6.07 Å². The molecule has 0 fully saturated rings.